The summed E-state index contributed by atoms with van der Waals surface area (Å²) in [5.74, 6) is -0.231. The molecule has 0 radical (unpaired) electrons. The van der Waals surface area contributed by atoms with Crippen molar-refractivity contribution in [1.82, 2.24) is 24.7 Å². The lowest BCUT2D eigenvalue weighted by Gasteiger charge is -2.16. The number of nitrogens with zero attached hydrogens (tertiary/aromatic N) is 5. The molecule has 0 amide bonds. The van der Waals surface area contributed by atoms with Crippen molar-refractivity contribution in [2.75, 3.05) is 7.05 Å². The van der Waals surface area contributed by atoms with E-state index in [1.807, 2.05) is 44.0 Å². The molecular weight excluding hydrogens is 337 g/mol. The van der Waals surface area contributed by atoms with Crippen LogP contribution in [0.5, 0.6) is 0 Å². The number of aryl methyl sites for hydroxylation is 2. The Kier molecular flexibility index (Phi) is 5.06. The molecule has 5 nitrogen and oxygen atoms in total. The second-order valence-corrected chi connectivity index (χ2v) is 6.56. The fourth-order valence-electron chi connectivity index (χ4n) is 2.82. The Morgan fingerprint density at radius 1 is 1.04 bits per heavy atom. The smallest absolute Gasteiger partial charge is 0.221 e. The first-order chi connectivity index (χ1) is 12.0. The molecule has 0 unspecified atom stereocenters. The second-order valence-electron chi connectivity index (χ2n) is 6.20. The summed E-state index contributed by atoms with van der Waals surface area (Å²) < 4.78 is 16.9. The molecule has 0 aliphatic rings. The van der Waals surface area contributed by atoms with E-state index in [1.54, 1.807) is 21.5 Å². The van der Waals surface area contributed by atoms with Gasteiger partial charge in [-0.3, -0.25) is 4.90 Å². The van der Waals surface area contributed by atoms with Crippen LogP contribution in [0.4, 0.5) is 4.39 Å². The first kappa shape index (κ1) is 17.4. The van der Waals surface area contributed by atoms with Crippen LogP contribution in [0, 0.1) is 24.4 Å². The summed E-state index contributed by atoms with van der Waals surface area (Å²) in [4.78, 5) is 2.05. The zero-order valence-electron chi connectivity index (χ0n) is 14.5. The van der Waals surface area contributed by atoms with Crippen LogP contribution in [0.2, 0.25) is 0 Å². The maximum atomic E-state index is 13.0. The zero-order valence-corrected chi connectivity index (χ0v) is 15.3. The Hall–Kier alpha value is -2.38. The van der Waals surface area contributed by atoms with Gasteiger partial charge in [-0.1, -0.05) is 30.3 Å². The first-order valence-corrected chi connectivity index (χ1v) is 8.39. The predicted molar refractivity (Wildman–Crippen MR) is 97.5 cm³/mol. The number of benzene rings is 2. The SMILES string of the molecule is Cc1cccc(C)c1-n1nnn(CN(C)Cc2ccc(F)cc2)c1=S. The van der Waals surface area contributed by atoms with Crippen molar-refractivity contribution in [1.29, 1.82) is 0 Å². The fourth-order valence-corrected chi connectivity index (χ4v) is 3.05. The van der Waals surface area contributed by atoms with Crippen molar-refractivity contribution >= 4 is 12.2 Å². The maximum absolute atomic E-state index is 13.0. The van der Waals surface area contributed by atoms with Crippen LogP contribution >= 0.6 is 12.2 Å². The predicted octanol–water partition coefficient (Wildman–Crippen LogP) is 3.64. The highest BCUT2D eigenvalue weighted by Crippen LogP contribution is 2.18. The lowest BCUT2D eigenvalue weighted by atomic mass is 10.1. The summed E-state index contributed by atoms with van der Waals surface area (Å²) in [5.41, 5.74) is 4.20. The average molecular weight is 357 g/mol. The largest absolute Gasteiger partial charge is 0.283 e. The third-order valence-electron chi connectivity index (χ3n) is 4.03. The molecule has 3 rings (SSSR count). The number of rotatable bonds is 5. The minimum absolute atomic E-state index is 0.231. The molecule has 7 heteroatoms. The number of hydrogen-bond donors (Lipinski definition) is 0. The van der Waals surface area contributed by atoms with Crippen LogP contribution in [-0.2, 0) is 13.2 Å². The summed E-state index contributed by atoms with van der Waals surface area (Å²) in [6.45, 7) is 5.23. The van der Waals surface area contributed by atoms with Crippen molar-refractivity contribution in [2.45, 2.75) is 27.1 Å². The lowest BCUT2D eigenvalue weighted by molar-refractivity contribution is 0.242. The van der Waals surface area contributed by atoms with Crippen molar-refractivity contribution in [3.05, 3.63) is 69.7 Å². The quantitative estimate of drug-likeness (QED) is 0.654. The minimum Gasteiger partial charge on any atom is -0.283 e. The van der Waals surface area contributed by atoms with Gasteiger partial charge in [0.25, 0.3) is 0 Å². The second kappa shape index (κ2) is 7.25. The van der Waals surface area contributed by atoms with Crippen molar-refractivity contribution < 1.29 is 4.39 Å². The van der Waals surface area contributed by atoms with Gasteiger partial charge in [0.1, 0.15) is 5.82 Å². The van der Waals surface area contributed by atoms with Crippen molar-refractivity contribution in [3.8, 4) is 5.69 Å². The van der Waals surface area contributed by atoms with Gasteiger partial charge >= 0.3 is 0 Å². The van der Waals surface area contributed by atoms with E-state index in [0.717, 1.165) is 22.4 Å². The molecule has 0 fully saturated rings. The highest BCUT2D eigenvalue weighted by Gasteiger charge is 2.12. The van der Waals surface area contributed by atoms with E-state index >= 15 is 0 Å². The van der Waals surface area contributed by atoms with Crippen LogP contribution in [0.15, 0.2) is 42.5 Å². The topological polar surface area (TPSA) is 38.9 Å². The van der Waals surface area contributed by atoms with E-state index < -0.39 is 0 Å². The Bertz CT molecular complexity index is 909. The third-order valence-corrected chi connectivity index (χ3v) is 4.42. The summed E-state index contributed by atoms with van der Waals surface area (Å²) in [6.07, 6.45) is 0. The van der Waals surface area contributed by atoms with Gasteiger partial charge in [0.05, 0.1) is 12.4 Å². The molecule has 0 atom stereocenters. The van der Waals surface area contributed by atoms with E-state index in [-0.39, 0.29) is 5.82 Å². The Balaban J connectivity index is 1.79. The Morgan fingerprint density at radius 2 is 1.68 bits per heavy atom. The highest BCUT2D eigenvalue weighted by molar-refractivity contribution is 7.71. The lowest BCUT2D eigenvalue weighted by Crippen LogP contribution is -2.22. The summed E-state index contributed by atoms with van der Waals surface area (Å²) in [5, 5.41) is 8.42. The fraction of sp³-hybridized carbons (Fsp3) is 0.278. The molecule has 0 aliphatic carbocycles. The molecule has 130 valence electrons. The van der Waals surface area contributed by atoms with Crippen LogP contribution in [0.3, 0.4) is 0 Å². The standard InChI is InChI=1S/C18H20FN5S/c1-13-5-4-6-14(2)17(13)24-18(25)23(20-21-24)12-22(3)11-15-7-9-16(19)10-8-15/h4-10H,11-12H2,1-3H3. The number of para-hydroxylation sites is 1. The Morgan fingerprint density at radius 3 is 2.32 bits per heavy atom. The first-order valence-electron chi connectivity index (χ1n) is 7.98. The van der Waals surface area contributed by atoms with Gasteiger partial charge in [-0.25, -0.2) is 9.07 Å². The van der Waals surface area contributed by atoms with Gasteiger partial charge in [-0.05, 0) is 72.4 Å². The van der Waals surface area contributed by atoms with Crippen molar-refractivity contribution in [3.63, 3.8) is 0 Å². The number of tetrazole rings is 1. The van der Waals surface area contributed by atoms with Crippen LogP contribution in [0.1, 0.15) is 16.7 Å². The number of halogens is 1. The Labute approximate surface area is 151 Å². The summed E-state index contributed by atoms with van der Waals surface area (Å²) in [7, 11) is 1.96. The summed E-state index contributed by atoms with van der Waals surface area (Å²) >= 11 is 5.55. The molecule has 0 saturated heterocycles. The number of hydrogen-bond acceptors (Lipinski definition) is 4. The molecule has 3 aromatic rings. The van der Waals surface area contributed by atoms with Crippen LogP contribution in [-0.4, -0.2) is 31.7 Å². The monoisotopic (exact) mass is 357 g/mol. The van der Waals surface area contributed by atoms with Crippen molar-refractivity contribution in [2.24, 2.45) is 0 Å². The minimum atomic E-state index is -0.231. The molecule has 0 aliphatic heterocycles. The molecule has 0 saturated carbocycles. The molecule has 1 aromatic heterocycles. The van der Waals surface area contributed by atoms with Crippen LogP contribution < -0.4 is 0 Å². The van der Waals surface area contributed by atoms with Gasteiger partial charge in [0.15, 0.2) is 0 Å². The van der Waals surface area contributed by atoms with Gasteiger partial charge in [-0.2, -0.15) is 4.68 Å². The van der Waals surface area contributed by atoms with E-state index in [9.17, 15) is 4.39 Å². The molecule has 0 bridgehead atoms. The third kappa shape index (κ3) is 3.83. The normalized spacial score (nSPS) is 11.2. The number of aromatic nitrogens is 4. The van der Waals surface area contributed by atoms with Gasteiger partial charge in [-0.15, -0.1) is 0 Å². The van der Waals surface area contributed by atoms with Gasteiger partial charge < -0.3 is 0 Å². The summed E-state index contributed by atoms with van der Waals surface area (Å²) in [6, 6.07) is 12.6. The van der Waals surface area contributed by atoms with Gasteiger partial charge in [0.2, 0.25) is 4.77 Å². The maximum Gasteiger partial charge on any atom is 0.221 e. The molecule has 2 aromatic carbocycles. The van der Waals surface area contributed by atoms with E-state index in [0.29, 0.717) is 18.0 Å². The van der Waals surface area contributed by atoms with Gasteiger partial charge in [0, 0.05) is 6.54 Å². The zero-order chi connectivity index (χ0) is 18.0. The molecule has 0 spiro atoms. The average Bonchev–Trinajstić information content (AvgIpc) is 2.91. The van der Waals surface area contributed by atoms with Crippen LogP contribution in [0.25, 0.3) is 5.69 Å². The van der Waals surface area contributed by atoms with E-state index in [1.165, 1.54) is 12.1 Å². The van der Waals surface area contributed by atoms with E-state index in [2.05, 4.69) is 10.4 Å². The molecular formula is C18H20FN5S. The molecule has 0 N–H and O–H groups in total. The van der Waals surface area contributed by atoms with E-state index in [4.69, 9.17) is 12.2 Å². The molecule has 25 heavy (non-hydrogen) atoms. The highest BCUT2D eigenvalue weighted by atomic mass is 32.1. The molecule has 1 heterocycles.